The third kappa shape index (κ3) is 3.22. The van der Waals surface area contributed by atoms with Gasteiger partial charge in [0.05, 0.1) is 25.7 Å². The molecule has 4 nitrogen and oxygen atoms in total. The van der Waals surface area contributed by atoms with E-state index in [1.54, 1.807) is 0 Å². The minimum atomic E-state index is 0.261. The third-order valence-corrected chi connectivity index (χ3v) is 5.92. The number of carbonyl (C=O) groups is 1. The van der Waals surface area contributed by atoms with Crippen molar-refractivity contribution in [3.8, 4) is 0 Å². The van der Waals surface area contributed by atoms with Crippen molar-refractivity contribution in [1.29, 1.82) is 0 Å². The fraction of sp³-hybridized carbons (Fsp3) is 0.650. The van der Waals surface area contributed by atoms with E-state index in [1.807, 2.05) is 0 Å². The molecular weight excluding hydrogens is 300 g/mol. The standard InChI is InChI=1S/C20H28N2O2/c1-14-3-4-15(2)17(9-14)10-20(23)21-7-8-22-18(11-21)12-24-13-19(22)16-5-6-16/h3-4,9,16,18-19H,5-8,10-13H2,1-2H3/t18-,19-/m1/s1. The number of rotatable bonds is 3. The zero-order chi connectivity index (χ0) is 16.7. The van der Waals surface area contributed by atoms with Gasteiger partial charge in [0.15, 0.2) is 0 Å². The zero-order valence-electron chi connectivity index (χ0n) is 14.8. The Kier molecular flexibility index (Phi) is 4.35. The van der Waals surface area contributed by atoms with Crippen molar-refractivity contribution >= 4 is 5.91 Å². The van der Waals surface area contributed by atoms with Crippen LogP contribution in [0.4, 0.5) is 0 Å². The molecule has 3 aliphatic rings. The highest BCUT2D eigenvalue weighted by atomic mass is 16.5. The summed E-state index contributed by atoms with van der Waals surface area (Å²) in [7, 11) is 0. The fourth-order valence-corrected chi connectivity index (χ4v) is 4.25. The topological polar surface area (TPSA) is 32.8 Å². The highest BCUT2D eigenvalue weighted by molar-refractivity contribution is 5.79. The van der Waals surface area contributed by atoms with Gasteiger partial charge in [-0.15, -0.1) is 0 Å². The number of morpholine rings is 1. The van der Waals surface area contributed by atoms with Gasteiger partial charge < -0.3 is 9.64 Å². The van der Waals surface area contributed by atoms with Crippen molar-refractivity contribution in [3.05, 3.63) is 34.9 Å². The molecule has 1 amide bonds. The van der Waals surface area contributed by atoms with Crippen LogP contribution >= 0.6 is 0 Å². The van der Waals surface area contributed by atoms with E-state index in [0.29, 0.717) is 18.5 Å². The molecule has 2 atom stereocenters. The average molecular weight is 328 g/mol. The van der Waals surface area contributed by atoms with Gasteiger partial charge in [0.2, 0.25) is 5.91 Å². The Morgan fingerprint density at radius 3 is 2.83 bits per heavy atom. The van der Waals surface area contributed by atoms with Crippen molar-refractivity contribution in [3.63, 3.8) is 0 Å². The highest BCUT2D eigenvalue weighted by Crippen LogP contribution is 2.38. The lowest BCUT2D eigenvalue weighted by molar-refractivity contribution is -0.139. The maximum Gasteiger partial charge on any atom is 0.227 e. The van der Waals surface area contributed by atoms with E-state index in [4.69, 9.17) is 4.74 Å². The van der Waals surface area contributed by atoms with Crippen LogP contribution in [-0.4, -0.2) is 60.6 Å². The molecule has 0 spiro atoms. The lowest BCUT2D eigenvalue weighted by Crippen LogP contribution is -2.63. The van der Waals surface area contributed by atoms with Gasteiger partial charge in [-0.05, 0) is 43.7 Å². The minimum absolute atomic E-state index is 0.261. The van der Waals surface area contributed by atoms with Gasteiger partial charge in [-0.2, -0.15) is 0 Å². The lowest BCUT2D eigenvalue weighted by Gasteiger charge is -2.48. The van der Waals surface area contributed by atoms with E-state index in [2.05, 4.69) is 41.8 Å². The minimum Gasteiger partial charge on any atom is -0.378 e. The van der Waals surface area contributed by atoms with E-state index in [0.717, 1.165) is 44.3 Å². The Labute approximate surface area is 144 Å². The van der Waals surface area contributed by atoms with Gasteiger partial charge in [0.25, 0.3) is 0 Å². The Bertz CT molecular complexity index is 626. The van der Waals surface area contributed by atoms with E-state index in [-0.39, 0.29) is 5.91 Å². The molecule has 1 aromatic carbocycles. The van der Waals surface area contributed by atoms with E-state index in [9.17, 15) is 4.79 Å². The van der Waals surface area contributed by atoms with Crippen LogP contribution in [0.2, 0.25) is 0 Å². The number of fused-ring (bicyclic) bond motifs is 1. The molecule has 0 unspecified atom stereocenters. The molecule has 1 saturated carbocycles. The molecule has 130 valence electrons. The first kappa shape index (κ1) is 16.1. The van der Waals surface area contributed by atoms with Crippen LogP contribution in [0.3, 0.4) is 0 Å². The van der Waals surface area contributed by atoms with Gasteiger partial charge in [0, 0.05) is 25.7 Å². The van der Waals surface area contributed by atoms with E-state index >= 15 is 0 Å². The Morgan fingerprint density at radius 2 is 2.04 bits per heavy atom. The Hall–Kier alpha value is -1.39. The molecule has 0 aromatic heterocycles. The number of ether oxygens (including phenoxy) is 1. The summed E-state index contributed by atoms with van der Waals surface area (Å²) in [6.45, 7) is 8.54. The number of piperazine rings is 1. The first-order valence-corrected chi connectivity index (χ1v) is 9.29. The van der Waals surface area contributed by atoms with Crippen LogP contribution in [0, 0.1) is 19.8 Å². The van der Waals surface area contributed by atoms with Gasteiger partial charge in [-0.3, -0.25) is 9.69 Å². The Morgan fingerprint density at radius 1 is 1.21 bits per heavy atom. The predicted octanol–water partition coefficient (Wildman–Crippen LogP) is 2.17. The van der Waals surface area contributed by atoms with Crippen molar-refractivity contribution in [2.45, 2.75) is 45.2 Å². The summed E-state index contributed by atoms with van der Waals surface area (Å²) in [6, 6.07) is 7.36. The number of nitrogens with zero attached hydrogens (tertiary/aromatic N) is 2. The quantitative estimate of drug-likeness (QED) is 0.852. The molecule has 2 heterocycles. The van der Waals surface area contributed by atoms with E-state index < -0.39 is 0 Å². The molecule has 1 aromatic rings. The summed E-state index contributed by atoms with van der Waals surface area (Å²) in [6.07, 6.45) is 3.23. The molecular formula is C20H28N2O2. The number of benzene rings is 1. The molecule has 4 heteroatoms. The lowest BCUT2D eigenvalue weighted by atomic mass is 10.0. The summed E-state index contributed by atoms with van der Waals surface area (Å²) in [5, 5.41) is 0. The maximum atomic E-state index is 12.8. The summed E-state index contributed by atoms with van der Waals surface area (Å²) in [5.41, 5.74) is 3.60. The Balaban J connectivity index is 1.40. The predicted molar refractivity (Wildman–Crippen MR) is 94.0 cm³/mol. The average Bonchev–Trinajstić information content (AvgIpc) is 3.42. The summed E-state index contributed by atoms with van der Waals surface area (Å²) >= 11 is 0. The molecule has 3 fully saturated rings. The van der Waals surface area contributed by atoms with Crippen molar-refractivity contribution in [2.75, 3.05) is 32.8 Å². The molecule has 2 aliphatic heterocycles. The zero-order valence-corrected chi connectivity index (χ0v) is 14.8. The van der Waals surface area contributed by atoms with Gasteiger partial charge in [0.1, 0.15) is 0 Å². The smallest absolute Gasteiger partial charge is 0.227 e. The number of hydrogen-bond acceptors (Lipinski definition) is 3. The number of amides is 1. The van der Waals surface area contributed by atoms with Crippen LogP contribution < -0.4 is 0 Å². The van der Waals surface area contributed by atoms with Crippen LogP contribution in [0.5, 0.6) is 0 Å². The maximum absolute atomic E-state index is 12.8. The fourth-order valence-electron chi connectivity index (χ4n) is 4.25. The SMILES string of the molecule is Cc1ccc(C)c(CC(=O)N2CCN3[C@@H](COC[C@@H]3C3CC3)C2)c1. The number of carbonyl (C=O) groups excluding carboxylic acids is 1. The van der Waals surface area contributed by atoms with Crippen molar-refractivity contribution in [1.82, 2.24) is 9.80 Å². The largest absolute Gasteiger partial charge is 0.378 e. The van der Waals surface area contributed by atoms with Crippen LogP contribution in [0.1, 0.15) is 29.5 Å². The summed E-state index contributed by atoms with van der Waals surface area (Å²) < 4.78 is 5.85. The number of aryl methyl sites for hydroxylation is 2. The molecule has 1 aliphatic carbocycles. The number of hydrogen-bond donors (Lipinski definition) is 0. The molecule has 0 bridgehead atoms. The van der Waals surface area contributed by atoms with E-state index in [1.165, 1.54) is 24.0 Å². The first-order valence-electron chi connectivity index (χ1n) is 9.29. The molecule has 24 heavy (non-hydrogen) atoms. The first-order chi connectivity index (χ1) is 11.6. The molecule has 2 saturated heterocycles. The second-order valence-electron chi connectivity index (χ2n) is 7.78. The van der Waals surface area contributed by atoms with Crippen LogP contribution in [-0.2, 0) is 16.0 Å². The van der Waals surface area contributed by atoms with Gasteiger partial charge in [-0.25, -0.2) is 0 Å². The van der Waals surface area contributed by atoms with Crippen LogP contribution in [0.15, 0.2) is 18.2 Å². The summed E-state index contributed by atoms with van der Waals surface area (Å²) in [5.74, 6) is 1.10. The third-order valence-electron chi connectivity index (χ3n) is 5.92. The second-order valence-corrected chi connectivity index (χ2v) is 7.78. The van der Waals surface area contributed by atoms with Crippen molar-refractivity contribution < 1.29 is 9.53 Å². The van der Waals surface area contributed by atoms with Crippen molar-refractivity contribution in [2.24, 2.45) is 5.92 Å². The molecule has 4 rings (SSSR count). The second kappa shape index (κ2) is 6.49. The molecule has 0 N–H and O–H groups in total. The van der Waals surface area contributed by atoms with Crippen LogP contribution in [0.25, 0.3) is 0 Å². The van der Waals surface area contributed by atoms with Gasteiger partial charge in [-0.1, -0.05) is 23.8 Å². The molecule has 0 radical (unpaired) electrons. The van der Waals surface area contributed by atoms with Gasteiger partial charge >= 0.3 is 0 Å². The monoisotopic (exact) mass is 328 g/mol. The summed E-state index contributed by atoms with van der Waals surface area (Å²) in [4.78, 5) is 17.5. The normalized spacial score (nSPS) is 27.8. The highest BCUT2D eigenvalue weighted by Gasteiger charge is 2.43.